The lowest BCUT2D eigenvalue weighted by Gasteiger charge is -2.40. The number of hydrogen-bond donors (Lipinski definition) is 1. The zero-order valence-electron chi connectivity index (χ0n) is 15.1. The number of carbonyl (C=O) groups is 1. The van der Waals surface area contributed by atoms with Crippen LogP contribution in [0.4, 0.5) is 0 Å². The molecule has 3 saturated heterocycles. The van der Waals surface area contributed by atoms with Crippen molar-refractivity contribution in [3.63, 3.8) is 0 Å². The van der Waals surface area contributed by atoms with Gasteiger partial charge in [-0.1, -0.05) is 43.7 Å². The third-order valence-corrected chi connectivity index (χ3v) is 5.90. The van der Waals surface area contributed by atoms with Gasteiger partial charge in [0, 0.05) is 24.9 Å². The van der Waals surface area contributed by atoms with E-state index in [1.807, 2.05) is 30.3 Å². The molecule has 3 aliphatic rings. The van der Waals surface area contributed by atoms with E-state index in [0.29, 0.717) is 24.3 Å². The molecule has 0 radical (unpaired) electrons. The van der Waals surface area contributed by atoms with Crippen LogP contribution in [0.25, 0.3) is 0 Å². The van der Waals surface area contributed by atoms with E-state index in [4.69, 9.17) is 9.47 Å². The van der Waals surface area contributed by atoms with Gasteiger partial charge in [0.2, 0.25) is 0 Å². The first-order chi connectivity index (χ1) is 12.2. The highest BCUT2D eigenvalue weighted by molar-refractivity contribution is 5.85. The molecule has 144 valence electrons. The van der Waals surface area contributed by atoms with Crippen LogP contribution in [-0.2, 0) is 14.3 Å². The summed E-state index contributed by atoms with van der Waals surface area (Å²) in [5, 5.41) is 9.65. The number of halogens is 1. The van der Waals surface area contributed by atoms with Crippen LogP contribution in [0.2, 0.25) is 0 Å². The van der Waals surface area contributed by atoms with Gasteiger partial charge in [-0.25, -0.2) is 0 Å². The summed E-state index contributed by atoms with van der Waals surface area (Å²) in [7, 11) is 0. The third-order valence-electron chi connectivity index (χ3n) is 5.90. The summed E-state index contributed by atoms with van der Waals surface area (Å²) in [4.78, 5) is 15.2. The van der Waals surface area contributed by atoms with Crippen molar-refractivity contribution in [3.8, 4) is 0 Å². The van der Waals surface area contributed by atoms with E-state index in [9.17, 15) is 9.90 Å². The van der Waals surface area contributed by atoms with Gasteiger partial charge in [-0.15, -0.1) is 12.4 Å². The third kappa shape index (κ3) is 3.63. The maximum absolute atomic E-state index is 12.6. The first-order valence-corrected chi connectivity index (χ1v) is 9.50. The molecule has 0 amide bonds. The van der Waals surface area contributed by atoms with Crippen LogP contribution in [0.3, 0.4) is 0 Å². The molecule has 3 aliphatic heterocycles. The Bertz CT molecular complexity index is 595. The fourth-order valence-corrected chi connectivity index (χ4v) is 4.57. The molecule has 3 heterocycles. The van der Waals surface area contributed by atoms with Gasteiger partial charge in [0.1, 0.15) is 24.2 Å². The number of carbonyl (C=O) groups excluding carboxylic acids is 1. The van der Waals surface area contributed by atoms with E-state index in [2.05, 4.69) is 11.8 Å². The highest BCUT2D eigenvalue weighted by atomic mass is 35.5. The van der Waals surface area contributed by atoms with Gasteiger partial charge < -0.3 is 14.6 Å². The Labute approximate surface area is 161 Å². The van der Waals surface area contributed by atoms with Crippen LogP contribution >= 0.6 is 12.4 Å². The molecule has 0 aliphatic carbocycles. The summed E-state index contributed by atoms with van der Waals surface area (Å²) in [6, 6.07) is 10.2. The average molecular weight is 382 g/mol. The van der Waals surface area contributed by atoms with Gasteiger partial charge >= 0.3 is 5.97 Å². The number of fused-ring (bicyclic) bond motifs is 5. The zero-order chi connectivity index (χ0) is 17.4. The molecule has 0 saturated carbocycles. The van der Waals surface area contributed by atoms with Crippen LogP contribution < -0.4 is 0 Å². The summed E-state index contributed by atoms with van der Waals surface area (Å²) >= 11 is 0. The van der Waals surface area contributed by atoms with Gasteiger partial charge in [-0.3, -0.25) is 9.69 Å². The van der Waals surface area contributed by atoms with E-state index in [0.717, 1.165) is 24.9 Å². The van der Waals surface area contributed by atoms with Crippen molar-refractivity contribution in [2.24, 2.45) is 0 Å². The first-order valence-electron chi connectivity index (χ1n) is 9.50. The maximum atomic E-state index is 12.6. The summed E-state index contributed by atoms with van der Waals surface area (Å²) in [5.74, 6) is -0.905. The fourth-order valence-electron chi connectivity index (χ4n) is 4.57. The molecule has 2 bridgehead atoms. The molecule has 0 spiro atoms. The number of epoxide rings is 1. The molecule has 4 unspecified atom stereocenters. The number of ether oxygens (including phenoxy) is 2. The largest absolute Gasteiger partial charge is 0.462 e. The van der Waals surface area contributed by atoms with Crippen LogP contribution in [0, 0.1) is 0 Å². The molecule has 1 N–H and O–H groups in total. The van der Waals surface area contributed by atoms with Crippen LogP contribution in [-0.4, -0.2) is 59.5 Å². The number of esters is 1. The highest BCUT2D eigenvalue weighted by Gasteiger charge is 2.63. The lowest BCUT2D eigenvalue weighted by Crippen LogP contribution is -2.50. The predicted octanol–water partition coefficient (Wildman–Crippen LogP) is 2.51. The molecule has 4 rings (SSSR count). The Morgan fingerprint density at radius 1 is 1.27 bits per heavy atom. The monoisotopic (exact) mass is 381 g/mol. The first kappa shape index (κ1) is 19.6. The number of rotatable bonds is 7. The number of aliphatic hydroxyl groups is 1. The Kier molecular flexibility index (Phi) is 6.23. The lowest BCUT2D eigenvalue weighted by atomic mass is 9.97. The second-order valence-corrected chi connectivity index (χ2v) is 7.47. The molecule has 3 fully saturated rings. The minimum absolute atomic E-state index is 0. The number of hydrogen-bond acceptors (Lipinski definition) is 5. The molecule has 0 aromatic heterocycles. The van der Waals surface area contributed by atoms with Crippen molar-refractivity contribution >= 4 is 18.4 Å². The lowest BCUT2D eigenvalue weighted by molar-refractivity contribution is -0.157. The Morgan fingerprint density at radius 2 is 1.92 bits per heavy atom. The number of aliphatic hydroxyl groups excluding tert-OH is 1. The highest BCUT2D eigenvalue weighted by Crippen LogP contribution is 2.49. The van der Waals surface area contributed by atoms with Gasteiger partial charge in [0.15, 0.2) is 0 Å². The summed E-state index contributed by atoms with van der Waals surface area (Å²) < 4.78 is 11.6. The van der Waals surface area contributed by atoms with Crippen molar-refractivity contribution < 1.29 is 19.4 Å². The molecule has 1 aromatic carbocycles. The summed E-state index contributed by atoms with van der Waals surface area (Å²) in [6.45, 7) is 3.11. The van der Waals surface area contributed by atoms with E-state index in [-0.39, 0.29) is 31.1 Å². The van der Waals surface area contributed by atoms with Crippen molar-refractivity contribution in [2.75, 3.05) is 13.2 Å². The average Bonchev–Trinajstić information content (AvgIpc) is 3.38. The minimum Gasteiger partial charge on any atom is -0.462 e. The molecular weight excluding hydrogens is 354 g/mol. The van der Waals surface area contributed by atoms with E-state index in [1.165, 1.54) is 12.8 Å². The van der Waals surface area contributed by atoms with Gasteiger partial charge in [0.05, 0.1) is 6.61 Å². The number of nitrogens with zero attached hydrogens (tertiary/aromatic N) is 1. The number of unbranched alkanes of at least 4 members (excludes halogenated alkanes) is 1. The maximum Gasteiger partial charge on any atom is 0.316 e. The number of benzene rings is 1. The van der Waals surface area contributed by atoms with Gasteiger partial charge in [-0.05, 0) is 18.5 Å². The normalized spacial score (nSPS) is 33.1. The standard InChI is InChI=1S/C20H27NO4.ClH/c1-2-3-9-21-16-10-14(11-17(21)19-18(16)25-19)24-20(23)15(12-22)13-7-5-4-6-8-13;/h4-8,14-19,22H,2-3,9-12H2,1H3;1H/t14?,15-,16?,17?,18?,19?;/m1./s1. The molecule has 1 aromatic rings. The van der Waals surface area contributed by atoms with E-state index >= 15 is 0 Å². The van der Waals surface area contributed by atoms with Gasteiger partial charge in [0.25, 0.3) is 0 Å². The predicted molar refractivity (Wildman–Crippen MR) is 100 cm³/mol. The van der Waals surface area contributed by atoms with E-state index < -0.39 is 5.92 Å². The molecule has 26 heavy (non-hydrogen) atoms. The second kappa shape index (κ2) is 8.26. The Hall–Kier alpha value is -1.14. The van der Waals surface area contributed by atoms with Crippen molar-refractivity contribution in [3.05, 3.63) is 35.9 Å². The summed E-state index contributed by atoms with van der Waals surface area (Å²) in [5.41, 5.74) is 0.810. The molecule has 6 heteroatoms. The Balaban J connectivity index is 0.00000196. The Morgan fingerprint density at radius 3 is 2.50 bits per heavy atom. The van der Waals surface area contributed by atoms with Crippen molar-refractivity contribution in [2.45, 2.75) is 68.9 Å². The smallest absolute Gasteiger partial charge is 0.316 e. The number of piperidine rings is 1. The fraction of sp³-hybridized carbons (Fsp3) is 0.650. The number of morpholine rings is 1. The summed E-state index contributed by atoms with van der Waals surface area (Å²) in [6.07, 6.45) is 4.72. The van der Waals surface area contributed by atoms with Crippen LogP contribution in [0.15, 0.2) is 30.3 Å². The molecular formula is C20H28ClNO4. The minimum atomic E-state index is -0.595. The van der Waals surface area contributed by atoms with Gasteiger partial charge in [-0.2, -0.15) is 0 Å². The zero-order valence-corrected chi connectivity index (χ0v) is 15.9. The van der Waals surface area contributed by atoms with Crippen LogP contribution in [0.1, 0.15) is 44.1 Å². The van der Waals surface area contributed by atoms with E-state index in [1.54, 1.807) is 0 Å². The molecule has 5 atom stereocenters. The SMILES string of the molecule is CCCCN1C2CC(OC(=O)[C@H](CO)c3ccccc3)CC1C1OC12.Cl. The second-order valence-electron chi connectivity index (χ2n) is 7.47. The van der Waals surface area contributed by atoms with Crippen molar-refractivity contribution in [1.82, 2.24) is 4.90 Å². The topological polar surface area (TPSA) is 62.3 Å². The van der Waals surface area contributed by atoms with Crippen LogP contribution in [0.5, 0.6) is 0 Å². The van der Waals surface area contributed by atoms with Crippen molar-refractivity contribution in [1.29, 1.82) is 0 Å². The quantitative estimate of drug-likeness (QED) is 0.580. The molecule has 5 nitrogen and oxygen atoms in total.